The lowest BCUT2D eigenvalue weighted by Crippen LogP contribution is -2.45. The standard InChI is InChI=1S/C23H18ClN3O5/c24-18-8-9-20(28)26(14-18)21(22(29)16-6-3-7-19(12-16)27(31)32)23(30)25-11-10-15-4-1-2-5-17(15)13-25/h1-9,12,14,21H,10-11,13H2/t21-/m0/s1. The van der Waals surface area contributed by atoms with E-state index in [1.165, 1.54) is 41.4 Å². The third-order valence-corrected chi connectivity index (χ3v) is 5.67. The average molecular weight is 452 g/mol. The predicted molar refractivity (Wildman–Crippen MR) is 118 cm³/mol. The van der Waals surface area contributed by atoms with E-state index in [9.17, 15) is 24.5 Å². The van der Waals surface area contributed by atoms with Crippen LogP contribution in [0, 0.1) is 10.1 Å². The molecule has 0 bridgehead atoms. The second kappa shape index (κ2) is 8.76. The average Bonchev–Trinajstić information content (AvgIpc) is 2.81. The maximum absolute atomic E-state index is 13.6. The molecule has 1 amide bonds. The highest BCUT2D eigenvalue weighted by Gasteiger charge is 2.35. The fourth-order valence-corrected chi connectivity index (χ4v) is 3.99. The Hall–Kier alpha value is -3.78. The Morgan fingerprint density at radius 1 is 1.03 bits per heavy atom. The van der Waals surface area contributed by atoms with Gasteiger partial charge in [-0.1, -0.05) is 48.0 Å². The smallest absolute Gasteiger partial charge is 0.270 e. The van der Waals surface area contributed by atoms with Gasteiger partial charge >= 0.3 is 0 Å². The highest BCUT2D eigenvalue weighted by Crippen LogP contribution is 2.25. The van der Waals surface area contributed by atoms with E-state index in [1.807, 2.05) is 24.3 Å². The number of carbonyl (C=O) groups excluding carboxylic acids is 2. The van der Waals surface area contributed by atoms with Crippen LogP contribution in [0.5, 0.6) is 0 Å². The molecule has 3 aromatic rings. The van der Waals surface area contributed by atoms with Crippen LogP contribution in [-0.2, 0) is 17.8 Å². The number of rotatable bonds is 5. The molecule has 9 heteroatoms. The maximum atomic E-state index is 13.6. The summed E-state index contributed by atoms with van der Waals surface area (Å²) in [6, 6.07) is 13.8. The summed E-state index contributed by atoms with van der Waals surface area (Å²) in [6.07, 6.45) is 1.85. The van der Waals surface area contributed by atoms with Crippen LogP contribution in [0.15, 0.2) is 71.7 Å². The summed E-state index contributed by atoms with van der Waals surface area (Å²) in [7, 11) is 0. The number of nitro benzene ring substituents is 1. The van der Waals surface area contributed by atoms with Crippen molar-refractivity contribution in [3.05, 3.63) is 109 Å². The van der Waals surface area contributed by atoms with Crippen molar-refractivity contribution in [3.63, 3.8) is 0 Å². The molecule has 0 spiro atoms. The molecule has 32 heavy (non-hydrogen) atoms. The molecular formula is C23H18ClN3O5. The number of hydrogen-bond donors (Lipinski definition) is 0. The molecule has 0 aliphatic carbocycles. The molecule has 0 fully saturated rings. The number of halogens is 1. The molecule has 1 aliphatic rings. The van der Waals surface area contributed by atoms with Crippen molar-refractivity contribution in [1.82, 2.24) is 9.47 Å². The summed E-state index contributed by atoms with van der Waals surface area (Å²) in [6.45, 7) is 0.674. The molecule has 2 heterocycles. The predicted octanol–water partition coefficient (Wildman–Crippen LogP) is 3.42. The van der Waals surface area contributed by atoms with Gasteiger partial charge in [0.25, 0.3) is 17.2 Å². The van der Waals surface area contributed by atoms with Crippen LogP contribution in [0.2, 0.25) is 5.02 Å². The Morgan fingerprint density at radius 2 is 1.78 bits per heavy atom. The monoisotopic (exact) mass is 451 g/mol. The van der Waals surface area contributed by atoms with Crippen molar-refractivity contribution < 1.29 is 14.5 Å². The molecule has 8 nitrogen and oxygen atoms in total. The number of Topliss-reactive ketones (excluding diaryl/α,β-unsaturated/α-hetero) is 1. The Balaban J connectivity index is 1.76. The highest BCUT2D eigenvalue weighted by atomic mass is 35.5. The van der Waals surface area contributed by atoms with Gasteiger partial charge in [-0.05, 0) is 23.6 Å². The van der Waals surface area contributed by atoms with E-state index < -0.39 is 28.2 Å². The summed E-state index contributed by atoms with van der Waals surface area (Å²) in [5.41, 5.74) is 1.18. The van der Waals surface area contributed by atoms with Crippen LogP contribution in [0.3, 0.4) is 0 Å². The van der Waals surface area contributed by atoms with Crippen molar-refractivity contribution in [2.24, 2.45) is 0 Å². The van der Waals surface area contributed by atoms with Gasteiger partial charge in [0.2, 0.25) is 0 Å². The lowest BCUT2D eigenvalue weighted by molar-refractivity contribution is -0.384. The summed E-state index contributed by atoms with van der Waals surface area (Å²) >= 11 is 6.05. The van der Waals surface area contributed by atoms with E-state index >= 15 is 0 Å². The number of pyridine rings is 1. The van der Waals surface area contributed by atoms with Gasteiger partial charge in [-0.25, -0.2) is 0 Å². The first kappa shape index (κ1) is 21.5. The van der Waals surface area contributed by atoms with Crippen molar-refractivity contribution in [1.29, 1.82) is 0 Å². The van der Waals surface area contributed by atoms with Gasteiger partial charge in [0, 0.05) is 43.0 Å². The molecule has 1 aromatic heterocycles. The van der Waals surface area contributed by atoms with Crippen molar-refractivity contribution in [3.8, 4) is 0 Å². The van der Waals surface area contributed by atoms with Gasteiger partial charge in [0.05, 0.1) is 9.95 Å². The quantitative estimate of drug-likeness (QED) is 0.256. The van der Waals surface area contributed by atoms with Crippen molar-refractivity contribution in [2.45, 2.75) is 19.0 Å². The molecule has 2 aromatic carbocycles. The number of nitrogens with zero attached hydrogens (tertiary/aromatic N) is 3. The minimum absolute atomic E-state index is 0.0400. The van der Waals surface area contributed by atoms with Gasteiger partial charge in [-0.3, -0.25) is 29.1 Å². The number of amides is 1. The lowest BCUT2D eigenvalue weighted by atomic mass is 9.97. The highest BCUT2D eigenvalue weighted by molar-refractivity contribution is 6.30. The van der Waals surface area contributed by atoms with Crippen LogP contribution in [0.25, 0.3) is 0 Å². The zero-order chi connectivity index (χ0) is 22.8. The summed E-state index contributed by atoms with van der Waals surface area (Å²) in [5, 5.41) is 11.3. The Morgan fingerprint density at radius 3 is 2.53 bits per heavy atom. The summed E-state index contributed by atoms with van der Waals surface area (Å²) < 4.78 is 0.992. The Labute approximate surface area is 187 Å². The SMILES string of the molecule is O=C(c1cccc([N+](=O)[O-])c1)[C@@H](C(=O)N1CCc2ccccc2C1)n1cc(Cl)ccc1=O. The maximum Gasteiger partial charge on any atom is 0.270 e. The largest absolute Gasteiger partial charge is 0.336 e. The minimum atomic E-state index is -1.53. The topological polar surface area (TPSA) is 103 Å². The third kappa shape index (κ3) is 4.17. The first-order valence-corrected chi connectivity index (χ1v) is 10.2. The van der Waals surface area contributed by atoms with E-state index in [-0.39, 0.29) is 16.3 Å². The number of non-ortho nitro benzene ring substituents is 1. The molecule has 0 radical (unpaired) electrons. The first-order valence-electron chi connectivity index (χ1n) is 9.87. The van der Waals surface area contributed by atoms with Crippen molar-refractivity contribution in [2.75, 3.05) is 6.54 Å². The van der Waals surface area contributed by atoms with E-state index in [4.69, 9.17) is 11.6 Å². The van der Waals surface area contributed by atoms with Gasteiger partial charge in [0.1, 0.15) is 0 Å². The van der Waals surface area contributed by atoms with E-state index in [1.54, 1.807) is 0 Å². The number of carbonyl (C=O) groups is 2. The molecule has 1 atom stereocenters. The molecule has 162 valence electrons. The molecule has 4 rings (SSSR count). The van der Waals surface area contributed by atoms with E-state index in [0.29, 0.717) is 19.5 Å². The van der Waals surface area contributed by atoms with Crippen LogP contribution >= 0.6 is 11.6 Å². The number of fused-ring (bicyclic) bond motifs is 1. The molecule has 0 N–H and O–H groups in total. The molecular weight excluding hydrogens is 434 g/mol. The van der Waals surface area contributed by atoms with Crippen LogP contribution in [0.1, 0.15) is 27.5 Å². The Kier molecular flexibility index (Phi) is 5.87. The van der Waals surface area contributed by atoms with Crippen LogP contribution < -0.4 is 5.56 Å². The van der Waals surface area contributed by atoms with Gasteiger partial charge in [0.15, 0.2) is 11.8 Å². The number of ketones is 1. The number of hydrogen-bond acceptors (Lipinski definition) is 5. The lowest BCUT2D eigenvalue weighted by Gasteiger charge is -2.32. The number of nitro groups is 1. The Bertz CT molecular complexity index is 1290. The second-order valence-corrected chi connectivity index (χ2v) is 7.88. The van der Waals surface area contributed by atoms with Crippen LogP contribution in [-0.4, -0.2) is 32.6 Å². The second-order valence-electron chi connectivity index (χ2n) is 7.45. The van der Waals surface area contributed by atoms with Gasteiger partial charge < -0.3 is 4.90 Å². The van der Waals surface area contributed by atoms with Gasteiger partial charge in [-0.2, -0.15) is 0 Å². The van der Waals surface area contributed by atoms with Crippen molar-refractivity contribution >= 4 is 29.0 Å². The van der Waals surface area contributed by atoms with E-state index in [2.05, 4.69) is 0 Å². The number of aromatic nitrogens is 1. The minimum Gasteiger partial charge on any atom is -0.336 e. The molecule has 0 saturated heterocycles. The molecule has 0 unspecified atom stereocenters. The third-order valence-electron chi connectivity index (χ3n) is 5.45. The molecule has 1 aliphatic heterocycles. The number of benzene rings is 2. The zero-order valence-corrected chi connectivity index (χ0v) is 17.6. The summed E-state index contributed by atoms with van der Waals surface area (Å²) in [5.74, 6) is -1.29. The van der Waals surface area contributed by atoms with E-state index in [0.717, 1.165) is 21.8 Å². The summed E-state index contributed by atoms with van der Waals surface area (Å²) in [4.78, 5) is 51.7. The fraction of sp³-hybridized carbons (Fsp3) is 0.174. The van der Waals surface area contributed by atoms with Crippen LogP contribution in [0.4, 0.5) is 5.69 Å². The normalized spacial score (nSPS) is 13.8. The zero-order valence-electron chi connectivity index (χ0n) is 16.8. The first-order chi connectivity index (χ1) is 15.3. The fourth-order valence-electron chi connectivity index (χ4n) is 3.82. The molecule has 0 saturated carbocycles. The van der Waals surface area contributed by atoms with Gasteiger partial charge in [-0.15, -0.1) is 0 Å².